The number of nitrogens with one attached hydrogen (secondary N) is 1. The Balaban J connectivity index is 2.43. The second-order valence-corrected chi connectivity index (χ2v) is 5.98. The predicted molar refractivity (Wildman–Crippen MR) is 84.7 cm³/mol. The lowest BCUT2D eigenvalue weighted by Gasteiger charge is -2.24. The Hall–Kier alpha value is -1.70. The molecule has 5 nitrogen and oxygen atoms in total. The Bertz CT molecular complexity index is 637. The molecule has 24 heavy (non-hydrogen) atoms. The fraction of sp³-hybridized carbons (Fsp3) is 0.600. The molecule has 0 fully saturated rings. The zero-order valence-electron chi connectivity index (χ0n) is 13.6. The monoisotopic (exact) mass is 365 g/mol. The van der Waals surface area contributed by atoms with E-state index in [1.165, 1.54) is 7.11 Å². The van der Waals surface area contributed by atoms with Gasteiger partial charge in [-0.05, 0) is 12.5 Å². The molecule has 1 amide bonds. The minimum Gasteiger partial charge on any atom is -0.479 e. The maximum Gasteiger partial charge on any atom is 0.471 e. The van der Waals surface area contributed by atoms with Crippen LogP contribution in [0.1, 0.15) is 31.0 Å². The second kappa shape index (κ2) is 7.04. The van der Waals surface area contributed by atoms with E-state index < -0.39 is 12.1 Å². The smallest absolute Gasteiger partial charge is 0.471 e. The summed E-state index contributed by atoms with van der Waals surface area (Å²) in [7, 11) is 1.45. The first-order valence-electron chi connectivity index (χ1n) is 7.56. The number of fused-ring (bicyclic) bond motifs is 1. The Labute approximate surface area is 143 Å². The summed E-state index contributed by atoms with van der Waals surface area (Å²) < 4.78 is 43.4. The third kappa shape index (κ3) is 3.53. The lowest BCUT2D eigenvalue weighted by molar-refractivity contribution is -0.185. The number of methoxy groups -OCH3 is 1. The van der Waals surface area contributed by atoms with Gasteiger partial charge >= 0.3 is 12.1 Å². The molecule has 0 spiro atoms. The van der Waals surface area contributed by atoms with Crippen LogP contribution in [0.4, 0.5) is 18.9 Å². The number of anilines is 1. The van der Waals surface area contributed by atoms with Crippen molar-refractivity contribution in [3.05, 3.63) is 16.3 Å². The van der Waals surface area contributed by atoms with Gasteiger partial charge in [-0.3, -0.25) is 4.79 Å². The average molecular weight is 366 g/mol. The van der Waals surface area contributed by atoms with Crippen LogP contribution in [0.3, 0.4) is 0 Å². The number of pyridine rings is 1. The molecule has 0 aliphatic carbocycles. The van der Waals surface area contributed by atoms with Crippen LogP contribution in [0.25, 0.3) is 0 Å². The number of alkyl halides is 3. The predicted octanol–water partition coefficient (Wildman–Crippen LogP) is 3.23. The van der Waals surface area contributed by atoms with Gasteiger partial charge in [0.2, 0.25) is 5.88 Å². The molecule has 0 saturated carbocycles. The molecule has 9 heteroatoms. The van der Waals surface area contributed by atoms with E-state index in [4.69, 9.17) is 16.3 Å². The number of carbonyl (C=O) groups is 1. The minimum absolute atomic E-state index is 0.0648. The lowest BCUT2D eigenvalue weighted by Crippen LogP contribution is -2.42. The van der Waals surface area contributed by atoms with E-state index >= 15 is 0 Å². The number of ether oxygens (including phenoxy) is 1. The zero-order valence-corrected chi connectivity index (χ0v) is 14.4. The lowest BCUT2D eigenvalue weighted by atomic mass is 9.98. The van der Waals surface area contributed by atoms with Crippen molar-refractivity contribution >= 4 is 23.2 Å². The van der Waals surface area contributed by atoms with Crippen molar-refractivity contribution in [1.29, 1.82) is 0 Å². The highest BCUT2D eigenvalue weighted by atomic mass is 35.5. The fourth-order valence-corrected chi connectivity index (χ4v) is 3.32. The Morgan fingerprint density at radius 3 is 2.71 bits per heavy atom. The van der Waals surface area contributed by atoms with E-state index in [0.717, 1.165) is 4.90 Å². The molecule has 0 bridgehead atoms. The van der Waals surface area contributed by atoms with Crippen molar-refractivity contribution in [2.75, 3.05) is 32.1 Å². The van der Waals surface area contributed by atoms with Gasteiger partial charge in [-0.2, -0.15) is 13.2 Å². The summed E-state index contributed by atoms with van der Waals surface area (Å²) in [5, 5.41) is 3.45. The number of hydrogen-bond donors (Lipinski definition) is 1. The molecule has 1 N–H and O–H groups in total. The van der Waals surface area contributed by atoms with Crippen molar-refractivity contribution in [3.8, 4) is 5.88 Å². The largest absolute Gasteiger partial charge is 0.479 e. The molecule has 2 heterocycles. The van der Waals surface area contributed by atoms with E-state index in [2.05, 4.69) is 10.3 Å². The van der Waals surface area contributed by atoms with E-state index in [-0.39, 0.29) is 25.4 Å². The third-order valence-corrected chi connectivity index (χ3v) is 4.29. The van der Waals surface area contributed by atoms with Crippen LogP contribution in [0.2, 0.25) is 5.02 Å². The number of aromatic nitrogens is 1. The maximum absolute atomic E-state index is 12.7. The summed E-state index contributed by atoms with van der Waals surface area (Å²) >= 11 is 6.47. The van der Waals surface area contributed by atoms with E-state index in [1.807, 2.05) is 6.92 Å². The molecular weight excluding hydrogens is 347 g/mol. The molecule has 1 aromatic heterocycles. The highest BCUT2D eigenvalue weighted by Crippen LogP contribution is 2.40. The van der Waals surface area contributed by atoms with Crippen LogP contribution in [0.15, 0.2) is 0 Å². The summed E-state index contributed by atoms with van der Waals surface area (Å²) in [5.74, 6) is -1.92. The zero-order chi connectivity index (χ0) is 18.1. The van der Waals surface area contributed by atoms with Gasteiger partial charge in [-0.1, -0.05) is 18.5 Å². The van der Waals surface area contributed by atoms with Crippen molar-refractivity contribution in [3.63, 3.8) is 0 Å². The highest BCUT2D eigenvalue weighted by Gasteiger charge is 2.43. The molecule has 1 unspecified atom stereocenters. The summed E-state index contributed by atoms with van der Waals surface area (Å²) in [6, 6.07) is 0. The topological polar surface area (TPSA) is 54.5 Å². The summed E-state index contributed by atoms with van der Waals surface area (Å²) in [4.78, 5) is 16.8. The number of rotatable bonds is 3. The van der Waals surface area contributed by atoms with Gasteiger partial charge in [0, 0.05) is 32.0 Å². The van der Waals surface area contributed by atoms with E-state index in [9.17, 15) is 18.0 Å². The first-order valence-corrected chi connectivity index (χ1v) is 7.94. The normalized spacial score (nSPS) is 18.0. The molecular formula is C15H19ClF3N3O2. The molecule has 1 aliphatic heterocycles. The number of carbonyl (C=O) groups excluding carboxylic acids is 1. The summed E-state index contributed by atoms with van der Waals surface area (Å²) in [6.45, 7) is 4.07. The summed E-state index contributed by atoms with van der Waals surface area (Å²) in [5.41, 5.74) is 1.73. The van der Waals surface area contributed by atoms with E-state index in [1.54, 1.807) is 6.92 Å². The summed E-state index contributed by atoms with van der Waals surface area (Å²) in [6.07, 6.45) is -4.70. The molecule has 1 atom stereocenters. The number of amides is 1. The average Bonchev–Trinajstić information content (AvgIpc) is 2.67. The van der Waals surface area contributed by atoms with Crippen LogP contribution in [0.5, 0.6) is 5.88 Å². The number of hydrogen-bond acceptors (Lipinski definition) is 4. The van der Waals surface area contributed by atoms with E-state index in [0.29, 0.717) is 34.4 Å². The van der Waals surface area contributed by atoms with Gasteiger partial charge in [-0.25, -0.2) is 4.98 Å². The SMILES string of the molecule is CCNc1c(OC)nc2c(c1Cl)C(C)CN(C(=O)C(F)(F)F)CC2. The first-order chi connectivity index (χ1) is 11.2. The highest BCUT2D eigenvalue weighted by molar-refractivity contribution is 6.34. The third-order valence-electron chi connectivity index (χ3n) is 3.90. The van der Waals surface area contributed by atoms with Gasteiger partial charge in [0.25, 0.3) is 0 Å². The molecule has 0 saturated heterocycles. The van der Waals surface area contributed by atoms with Crippen LogP contribution in [-0.2, 0) is 11.2 Å². The fourth-order valence-electron chi connectivity index (χ4n) is 2.88. The second-order valence-electron chi connectivity index (χ2n) is 5.60. The molecule has 0 radical (unpaired) electrons. The van der Waals surface area contributed by atoms with Gasteiger partial charge in [0.15, 0.2) is 0 Å². The van der Waals surface area contributed by atoms with Crippen molar-refractivity contribution in [2.45, 2.75) is 32.4 Å². The molecule has 1 aromatic rings. The molecule has 0 aromatic carbocycles. The Morgan fingerprint density at radius 1 is 1.50 bits per heavy atom. The Morgan fingerprint density at radius 2 is 2.17 bits per heavy atom. The maximum atomic E-state index is 12.7. The number of nitrogens with zero attached hydrogens (tertiary/aromatic N) is 2. The van der Waals surface area contributed by atoms with Crippen molar-refractivity contribution in [1.82, 2.24) is 9.88 Å². The first kappa shape index (κ1) is 18.6. The number of halogens is 4. The van der Waals surface area contributed by atoms with Crippen LogP contribution >= 0.6 is 11.6 Å². The standard InChI is InChI=1S/C15H19ClF3N3O2/c1-4-20-12-11(16)10-8(2)7-22(14(23)15(17,18)19)6-5-9(10)21-13(12)24-3/h8,20H,4-7H2,1-3H3. The van der Waals surface area contributed by atoms with Gasteiger partial charge in [-0.15, -0.1) is 0 Å². The quantitative estimate of drug-likeness (QED) is 0.893. The van der Waals surface area contributed by atoms with Crippen molar-refractivity contribution < 1.29 is 22.7 Å². The van der Waals surface area contributed by atoms with Gasteiger partial charge in [0.05, 0.1) is 17.8 Å². The molecule has 1 aliphatic rings. The van der Waals surface area contributed by atoms with Gasteiger partial charge < -0.3 is 15.0 Å². The van der Waals surface area contributed by atoms with Crippen LogP contribution in [0, 0.1) is 0 Å². The van der Waals surface area contributed by atoms with Gasteiger partial charge in [0.1, 0.15) is 5.69 Å². The van der Waals surface area contributed by atoms with Crippen LogP contribution in [-0.4, -0.2) is 48.7 Å². The molecule has 134 valence electrons. The van der Waals surface area contributed by atoms with Crippen LogP contribution < -0.4 is 10.1 Å². The Kier molecular flexibility index (Phi) is 5.47. The molecule has 2 rings (SSSR count). The van der Waals surface area contributed by atoms with Crippen molar-refractivity contribution in [2.24, 2.45) is 0 Å². The minimum atomic E-state index is -4.89.